The Hall–Kier alpha value is -1.84. The molecule has 0 rings (SSSR count). The van der Waals surface area contributed by atoms with Gasteiger partial charge in [-0.15, -0.1) is 0 Å². The molecular weight excluding hydrogens is 415 g/mol. The average molecular weight is 433 g/mol. The van der Waals surface area contributed by atoms with E-state index in [1.54, 1.807) is 0 Å². The van der Waals surface area contributed by atoms with Crippen LogP contribution in [0.1, 0.15) is 26.7 Å². The van der Waals surface area contributed by atoms with Gasteiger partial charge in [0.1, 0.15) is 0 Å². The van der Waals surface area contributed by atoms with E-state index in [1.807, 2.05) is 0 Å². The van der Waals surface area contributed by atoms with Crippen LogP contribution < -0.4 is 20.4 Å². The first-order valence-electron chi connectivity index (χ1n) is 6.41. The maximum absolute atomic E-state index is 10.00. The van der Waals surface area contributed by atoms with Gasteiger partial charge in [0, 0.05) is 0 Å². The Labute approximate surface area is 144 Å². The van der Waals surface area contributed by atoms with Gasteiger partial charge in [-0.3, -0.25) is 0 Å². The minimum atomic E-state index is -1.51. The molecule has 0 N–H and O–H groups in total. The Bertz CT molecular complexity index is 423. The molecule has 0 spiro atoms. The zero-order valence-corrected chi connectivity index (χ0v) is 16.2. The minimum absolute atomic E-state index is 0.121. The van der Waals surface area contributed by atoms with Gasteiger partial charge in [-0.25, -0.2) is 0 Å². The van der Waals surface area contributed by atoms with Gasteiger partial charge < -0.3 is 39.6 Å². The molecule has 0 aliphatic carbocycles. The molecule has 0 fully saturated rings. The molecule has 23 heavy (non-hydrogen) atoms. The van der Waals surface area contributed by atoms with Crippen molar-refractivity contribution in [2.24, 2.45) is 0 Å². The summed E-state index contributed by atoms with van der Waals surface area (Å²) >= 11 is 0.230. The molecule has 126 valence electrons. The molecule has 0 heterocycles. The normalized spacial score (nSPS) is 10.4. The second-order valence-electron chi connectivity index (χ2n) is 3.76. The van der Waals surface area contributed by atoms with Crippen LogP contribution in [0.3, 0.4) is 0 Å². The van der Waals surface area contributed by atoms with Gasteiger partial charge in [-0.05, 0) is 36.1 Å². The van der Waals surface area contributed by atoms with E-state index in [1.165, 1.54) is 13.8 Å². The Balaban J connectivity index is -0.000000297. The summed E-state index contributed by atoms with van der Waals surface area (Å²) in [6.07, 6.45) is 1.29. The summed E-state index contributed by atoms with van der Waals surface area (Å²) in [5, 5.41) is 39.6. The van der Waals surface area contributed by atoms with Crippen molar-refractivity contribution in [1.29, 1.82) is 0 Å². The first-order chi connectivity index (χ1) is 10.6. The van der Waals surface area contributed by atoms with Crippen LogP contribution in [0.2, 0.25) is 9.88 Å². The van der Waals surface area contributed by atoms with Crippen LogP contribution in [0.15, 0.2) is 23.3 Å². The molecule has 0 aromatic heterocycles. The predicted molar refractivity (Wildman–Crippen MR) is 74.3 cm³/mol. The van der Waals surface area contributed by atoms with Gasteiger partial charge >= 0.3 is 31.0 Å². The van der Waals surface area contributed by atoms with Crippen molar-refractivity contribution in [2.75, 3.05) is 0 Å². The first kappa shape index (κ1) is 26.1. The van der Waals surface area contributed by atoms with E-state index in [-0.39, 0.29) is 45.1 Å². The van der Waals surface area contributed by atoms with Crippen LogP contribution in [-0.2, 0) is 19.2 Å². The Kier molecular flexibility index (Phi) is 18.7. The molecule has 0 amide bonds. The van der Waals surface area contributed by atoms with E-state index in [4.69, 9.17) is 0 Å². The van der Waals surface area contributed by atoms with Gasteiger partial charge in [0.15, 0.2) is 0 Å². The number of carboxylic acids is 4. The third-order valence-electron chi connectivity index (χ3n) is 1.87. The summed E-state index contributed by atoms with van der Waals surface area (Å²) < 4.78 is 0. The van der Waals surface area contributed by atoms with Crippen LogP contribution in [0.4, 0.5) is 0 Å². The van der Waals surface area contributed by atoms with Crippen molar-refractivity contribution in [3.05, 3.63) is 23.3 Å². The van der Waals surface area contributed by atoms with Crippen LogP contribution in [-0.4, -0.2) is 45.0 Å². The standard InChI is InChI=1S/2C6H8O4.2CH3.Sn/c2*1-2-4(6(9)10)3-5(7)8;;;/h2*3H,2H2,1H3,(H,7,8)(H,9,10);2*1H3;/q;;;;+4/p-4/b2*4-3-;;;. The second-order valence-corrected chi connectivity index (χ2v) is 6.61. The summed E-state index contributed by atoms with van der Waals surface area (Å²) in [4.78, 5) is 44.2. The Morgan fingerprint density at radius 1 is 0.739 bits per heavy atom. The quantitative estimate of drug-likeness (QED) is 0.307. The third-order valence-corrected chi connectivity index (χ3v) is 1.87. The summed E-state index contributed by atoms with van der Waals surface area (Å²) in [7, 11) is 0. The predicted octanol–water partition coefficient (Wildman–Crippen LogP) is -3.57. The summed E-state index contributed by atoms with van der Waals surface area (Å²) in [5.74, 6) is -5.96. The number of carbonyl (C=O) groups excluding carboxylic acids is 4. The second kappa shape index (κ2) is 16.5. The van der Waals surface area contributed by atoms with Crippen molar-refractivity contribution in [1.82, 2.24) is 0 Å². The van der Waals surface area contributed by atoms with Gasteiger partial charge in [-0.1, -0.05) is 13.8 Å². The summed E-state index contributed by atoms with van der Waals surface area (Å²) in [6.45, 7) is 3.04. The zero-order valence-electron chi connectivity index (χ0n) is 13.3. The van der Waals surface area contributed by atoms with E-state index >= 15 is 0 Å². The number of aliphatic carboxylic acids is 4. The molecule has 0 saturated carbocycles. The number of rotatable bonds is 6. The fraction of sp³-hybridized carbons (Fsp3) is 0.429. The van der Waals surface area contributed by atoms with Crippen molar-refractivity contribution in [3.63, 3.8) is 0 Å². The summed E-state index contributed by atoms with van der Waals surface area (Å²) in [6, 6.07) is 0. The zero-order chi connectivity index (χ0) is 19.0. The molecule has 8 nitrogen and oxygen atoms in total. The molecule has 0 aliphatic rings. The van der Waals surface area contributed by atoms with Gasteiger partial charge in [0.25, 0.3) is 0 Å². The van der Waals surface area contributed by atoms with Crippen molar-refractivity contribution in [2.45, 2.75) is 36.6 Å². The molecule has 0 aromatic rings. The SMILES string of the molecule is CC/C(=C/C(=O)[O-])C(=O)[O-].CC/C(=C/C(=O)[O-])C(=O)[O-].[CH3][Sn+4][CH3]. The van der Waals surface area contributed by atoms with Gasteiger partial charge in [0.2, 0.25) is 0 Å². The molecule has 0 bridgehead atoms. The first-order valence-corrected chi connectivity index (χ1v) is 12.1. The molecule has 0 aromatic carbocycles. The van der Waals surface area contributed by atoms with Crippen molar-refractivity contribution in [3.8, 4) is 0 Å². The van der Waals surface area contributed by atoms with E-state index in [9.17, 15) is 39.6 Å². The maximum atomic E-state index is 10.00. The number of hydrogen-bond acceptors (Lipinski definition) is 8. The molecule has 0 aliphatic heterocycles. The van der Waals surface area contributed by atoms with Crippen LogP contribution in [0.5, 0.6) is 0 Å². The van der Waals surface area contributed by atoms with E-state index in [2.05, 4.69) is 9.88 Å². The van der Waals surface area contributed by atoms with E-state index in [0.29, 0.717) is 12.2 Å². The topological polar surface area (TPSA) is 161 Å². The van der Waals surface area contributed by atoms with E-state index < -0.39 is 23.9 Å². The number of carbonyl (C=O) groups is 4. The fourth-order valence-electron chi connectivity index (χ4n) is 0.895. The molecule has 6 radical (unpaired) electrons. The molecule has 0 unspecified atom stereocenters. The van der Waals surface area contributed by atoms with Crippen LogP contribution in [0, 0.1) is 0 Å². The number of carboxylic acid groups (broad SMARTS) is 4. The fourth-order valence-corrected chi connectivity index (χ4v) is 0.895. The monoisotopic (exact) mass is 434 g/mol. The van der Waals surface area contributed by atoms with Crippen molar-refractivity contribution < 1.29 is 39.6 Å². The number of hydrogen-bond donors (Lipinski definition) is 0. The average Bonchev–Trinajstić information content (AvgIpc) is 2.42. The molecule has 9 heteroatoms. The Morgan fingerprint density at radius 3 is 1.00 bits per heavy atom. The van der Waals surface area contributed by atoms with Crippen molar-refractivity contribution >= 4 is 45.0 Å². The van der Waals surface area contributed by atoms with Gasteiger partial charge in [-0.2, -0.15) is 0 Å². The molecule has 0 atom stereocenters. The summed E-state index contributed by atoms with van der Waals surface area (Å²) in [5.41, 5.74) is -0.528. The van der Waals surface area contributed by atoms with Crippen LogP contribution >= 0.6 is 0 Å². The Morgan fingerprint density at radius 2 is 0.957 bits per heavy atom. The third kappa shape index (κ3) is 20.2. The van der Waals surface area contributed by atoms with E-state index in [0.717, 1.165) is 0 Å². The molecule has 0 saturated heterocycles. The van der Waals surface area contributed by atoms with Gasteiger partial charge in [0.05, 0.1) is 23.9 Å². The van der Waals surface area contributed by atoms with Crippen LogP contribution in [0.25, 0.3) is 0 Å². The molecular formula is C14H18O8Sn.